The number of hydrogen-bond acceptors (Lipinski definition) is 3. The fourth-order valence-electron chi connectivity index (χ4n) is 1.74. The zero-order valence-corrected chi connectivity index (χ0v) is 12.1. The molecule has 1 amide bonds. The second-order valence-electron chi connectivity index (χ2n) is 4.40. The Morgan fingerprint density at radius 3 is 2.50 bits per heavy atom. The Morgan fingerprint density at radius 1 is 1.39 bits per heavy atom. The number of hydrogen-bond donors (Lipinski definition) is 2. The van der Waals surface area contributed by atoms with E-state index >= 15 is 0 Å². The predicted octanol–water partition coefficient (Wildman–Crippen LogP) is 2.71. The maximum absolute atomic E-state index is 11.8. The lowest BCUT2D eigenvalue weighted by Gasteiger charge is -2.17. The Kier molecular flexibility index (Phi) is 6.22. The van der Waals surface area contributed by atoms with Crippen molar-refractivity contribution in [3.8, 4) is 0 Å². The molecule has 0 aliphatic rings. The lowest BCUT2D eigenvalue weighted by Crippen LogP contribution is -2.41. The predicted molar refractivity (Wildman–Crippen MR) is 77.7 cm³/mol. The van der Waals surface area contributed by atoms with E-state index < -0.39 is 6.04 Å². The van der Waals surface area contributed by atoms with E-state index in [4.69, 9.17) is 5.73 Å². The standard InChI is InChI=1S/C14H22N2OS/c1-4-5-13(15)14(17)16-10(2)11-6-8-12(18-3)9-7-11/h6-10,13H,4-5,15H2,1-3H3,(H,16,17)/t10?,13-/m0/s1. The van der Waals surface area contributed by atoms with Crippen molar-refractivity contribution < 1.29 is 4.79 Å². The summed E-state index contributed by atoms with van der Waals surface area (Å²) in [7, 11) is 0. The van der Waals surface area contributed by atoms with Gasteiger partial charge < -0.3 is 11.1 Å². The third-order valence-electron chi connectivity index (χ3n) is 2.91. The van der Waals surface area contributed by atoms with Crippen molar-refractivity contribution >= 4 is 17.7 Å². The molecular weight excluding hydrogens is 244 g/mol. The molecule has 0 saturated heterocycles. The van der Waals surface area contributed by atoms with Crippen LogP contribution in [0.15, 0.2) is 29.2 Å². The Labute approximate surface area is 114 Å². The monoisotopic (exact) mass is 266 g/mol. The summed E-state index contributed by atoms with van der Waals surface area (Å²) in [5.74, 6) is -0.0710. The van der Waals surface area contributed by atoms with Crippen molar-refractivity contribution in [3.05, 3.63) is 29.8 Å². The van der Waals surface area contributed by atoms with Gasteiger partial charge in [-0.25, -0.2) is 0 Å². The zero-order valence-electron chi connectivity index (χ0n) is 11.3. The van der Waals surface area contributed by atoms with Crippen LogP contribution < -0.4 is 11.1 Å². The summed E-state index contributed by atoms with van der Waals surface area (Å²) in [6.07, 6.45) is 3.69. The molecule has 2 atom stereocenters. The second kappa shape index (κ2) is 7.44. The van der Waals surface area contributed by atoms with Crippen LogP contribution in [-0.2, 0) is 4.79 Å². The maximum atomic E-state index is 11.8. The molecule has 18 heavy (non-hydrogen) atoms. The van der Waals surface area contributed by atoms with Crippen molar-refractivity contribution in [2.75, 3.05) is 6.26 Å². The summed E-state index contributed by atoms with van der Waals surface area (Å²) in [6, 6.07) is 7.81. The quantitative estimate of drug-likeness (QED) is 0.778. The third kappa shape index (κ3) is 4.35. The van der Waals surface area contributed by atoms with Gasteiger partial charge in [0, 0.05) is 4.90 Å². The molecule has 3 N–H and O–H groups in total. The number of benzene rings is 1. The first-order chi connectivity index (χ1) is 8.58. The molecule has 0 aromatic heterocycles. The molecule has 4 heteroatoms. The molecule has 0 aliphatic heterocycles. The van der Waals surface area contributed by atoms with E-state index in [0.717, 1.165) is 18.4 Å². The Balaban J connectivity index is 2.58. The molecular formula is C14H22N2OS. The topological polar surface area (TPSA) is 55.1 Å². The van der Waals surface area contributed by atoms with Crippen LogP contribution in [0.1, 0.15) is 38.3 Å². The summed E-state index contributed by atoms with van der Waals surface area (Å²) in [4.78, 5) is 13.0. The molecule has 1 aromatic rings. The number of nitrogens with one attached hydrogen (secondary N) is 1. The van der Waals surface area contributed by atoms with E-state index in [9.17, 15) is 4.79 Å². The van der Waals surface area contributed by atoms with Gasteiger partial charge in [-0.1, -0.05) is 25.5 Å². The third-order valence-corrected chi connectivity index (χ3v) is 3.65. The largest absolute Gasteiger partial charge is 0.348 e. The van der Waals surface area contributed by atoms with E-state index in [1.165, 1.54) is 4.90 Å². The van der Waals surface area contributed by atoms with Gasteiger partial charge in [-0.05, 0) is 37.3 Å². The van der Waals surface area contributed by atoms with Gasteiger partial charge in [0.1, 0.15) is 0 Å². The molecule has 100 valence electrons. The second-order valence-corrected chi connectivity index (χ2v) is 5.28. The van der Waals surface area contributed by atoms with Crippen molar-refractivity contribution in [1.29, 1.82) is 0 Å². The number of thioether (sulfide) groups is 1. The summed E-state index contributed by atoms with van der Waals surface area (Å²) in [5.41, 5.74) is 6.89. The van der Waals surface area contributed by atoms with Crippen LogP contribution >= 0.6 is 11.8 Å². The normalized spacial score (nSPS) is 14.0. The minimum Gasteiger partial charge on any atom is -0.348 e. The van der Waals surface area contributed by atoms with Crippen LogP contribution in [0.2, 0.25) is 0 Å². The van der Waals surface area contributed by atoms with Crippen molar-refractivity contribution in [1.82, 2.24) is 5.32 Å². The minimum atomic E-state index is -0.400. The molecule has 0 heterocycles. The fourth-order valence-corrected chi connectivity index (χ4v) is 2.15. The smallest absolute Gasteiger partial charge is 0.237 e. The Bertz CT molecular complexity index is 378. The number of carbonyl (C=O) groups is 1. The molecule has 0 radical (unpaired) electrons. The van der Waals surface area contributed by atoms with Crippen LogP contribution in [-0.4, -0.2) is 18.2 Å². The highest BCUT2D eigenvalue weighted by Crippen LogP contribution is 2.18. The van der Waals surface area contributed by atoms with Crippen LogP contribution in [0.5, 0.6) is 0 Å². The van der Waals surface area contributed by atoms with Gasteiger partial charge in [-0.2, -0.15) is 0 Å². The molecule has 0 spiro atoms. The first-order valence-electron chi connectivity index (χ1n) is 6.28. The molecule has 3 nitrogen and oxygen atoms in total. The summed E-state index contributed by atoms with van der Waals surface area (Å²) >= 11 is 1.71. The lowest BCUT2D eigenvalue weighted by molar-refractivity contribution is -0.123. The van der Waals surface area contributed by atoms with E-state index in [-0.39, 0.29) is 11.9 Å². The Hall–Kier alpha value is -1.00. The lowest BCUT2D eigenvalue weighted by atomic mass is 10.1. The van der Waals surface area contributed by atoms with Gasteiger partial charge in [0.2, 0.25) is 5.91 Å². The highest BCUT2D eigenvalue weighted by atomic mass is 32.2. The van der Waals surface area contributed by atoms with Crippen LogP contribution in [0.4, 0.5) is 0 Å². The minimum absolute atomic E-state index is 0.00341. The molecule has 0 saturated carbocycles. The number of nitrogens with two attached hydrogens (primary N) is 1. The highest BCUT2D eigenvalue weighted by Gasteiger charge is 2.15. The summed E-state index contributed by atoms with van der Waals surface area (Å²) < 4.78 is 0. The molecule has 0 bridgehead atoms. The number of amides is 1. The summed E-state index contributed by atoms with van der Waals surface area (Å²) in [5, 5.41) is 2.95. The molecule has 1 rings (SSSR count). The zero-order chi connectivity index (χ0) is 13.5. The van der Waals surface area contributed by atoms with Gasteiger partial charge in [0.05, 0.1) is 12.1 Å². The average Bonchev–Trinajstić information content (AvgIpc) is 2.39. The number of rotatable bonds is 6. The van der Waals surface area contributed by atoms with E-state index in [1.807, 2.05) is 32.2 Å². The van der Waals surface area contributed by atoms with E-state index in [1.54, 1.807) is 11.8 Å². The summed E-state index contributed by atoms with van der Waals surface area (Å²) in [6.45, 7) is 4.00. The molecule has 0 aliphatic carbocycles. The first-order valence-corrected chi connectivity index (χ1v) is 7.50. The van der Waals surface area contributed by atoms with Gasteiger partial charge >= 0.3 is 0 Å². The number of carbonyl (C=O) groups excluding carboxylic acids is 1. The average molecular weight is 266 g/mol. The van der Waals surface area contributed by atoms with Crippen molar-refractivity contribution in [2.45, 2.75) is 43.7 Å². The molecule has 0 fully saturated rings. The Morgan fingerprint density at radius 2 is 2.00 bits per heavy atom. The maximum Gasteiger partial charge on any atom is 0.237 e. The molecule has 1 aromatic carbocycles. The SMILES string of the molecule is CCC[C@H](N)C(=O)NC(C)c1ccc(SC)cc1. The fraction of sp³-hybridized carbons (Fsp3) is 0.500. The van der Waals surface area contributed by atoms with Crippen molar-refractivity contribution in [2.24, 2.45) is 5.73 Å². The van der Waals surface area contributed by atoms with Gasteiger partial charge in [-0.15, -0.1) is 11.8 Å². The first kappa shape index (κ1) is 15.1. The van der Waals surface area contributed by atoms with E-state index in [0.29, 0.717) is 0 Å². The van der Waals surface area contributed by atoms with Gasteiger partial charge in [0.15, 0.2) is 0 Å². The molecule has 1 unspecified atom stereocenters. The van der Waals surface area contributed by atoms with Crippen molar-refractivity contribution in [3.63, 3.8) is 0 Å². The van der Waals surface area contributed by atoms with Crippen LogP contribution in [0, 0.1) is 0 Å². The van der Waals surface area contributed by atoms with Gasteiger partial charge in [-0.3, -0.25) is 4.79 Å². The van der Waals surface area contributed by atoms with Crippen LogP contribution in [0.3, 0.4) is 0 Å². The highest BCUT2D eigenvalue weighted by molar-refractivity contribution is 7.98. The van der Waals surface area contributed by atoms with E-state index in [2.05, 4.69) is 17.4 Å². The van der Waals surface area contributed by atoms with Crippen LogP contribution in [0.25, 0.3) is 0 Å². The van der Waals surface area contributed by atoms with Gasteiger partial charge in [0.25, 0.3) is 0 Å².